The first-order valence-corrected chi connectivity index (χ1v) is 8.49. The molecule has 1 aromatic heterocycles. The molecule has 0 aliphatic rings. The van der Waals surface area contributed by atoms with Gasteiger partial charge < -0.3 is 15.0 Å². The third-order valence-corrected chi connectivity index (χ3v) is 4.28. The maximum absolute atomic E-state index is 12.5. The van der Waals surface area contributed by atoms with Gasteiger partial charge in [-0.1, -0.05) is 30.3 Å². The van der Waals surface area contributed by atoms with Crippen molar-refractivity contribution in [3.05, 3.63) is 66.0 Å². The molecule has 25 heavy (non-hydrogen) atoms. The predicted octanol–water partition coefficient (Wildman–Crippen LogP) is 3.44. The second-order valence-electron chi connectivity index (χ2n) is 5.49. The lowest BCUT2D eigenvalue weighted by molar-refractivity contribution is 0.102. The lowest BCUT2D eigenvalue weighted by Crippen LogP contribution is -2.13. The topological polar surface area (TPSA) is 67.4 Å². The van der Waals surface area contributed by atoms with Crippen LogP contribution in [0.2, 0.25) is 0 Å². The van der Waals surface area contributed by atoms with Gasteiger partial charge in [0.15, 0.2) is 5.82 Å². The first-order valence-electron chi connectivity index (χ1n) is 7.71. The Kier molecular flexibility index (Phi) is 5.25. The third-order valence-electron chi connectivity index (χ3n) is 3.36. The second-order valence-corrected chi connectivity index (χ2v) is 6.22. The van der Waals surface area contributed by atoms with E-state index in [2.05, 4.69) is 14.7 Å². The van der Waals surface area contributed by atoms with Gasteiger partial charge in [0, 0.05) is 31.3 Å². The molecule has 128 valence electrons. The van der Waals surface area contributed by atoms with Crippen molar-refractivity contribution >= 4 is 28.3 Å². The molecule has 3 rings (SSSR count). The van der Waals surface area contributed by atoms with Gasteiger partial charge in [0.1, 0.15) is 12.4 Å². The number of amides is 1. The smallest absolute Gasteiger partial charge is 0.259 e. The minimum atomic E-state index is -0.220. The summed E-state index contributed by atoms with van der Waals surface area (Å²) in [5.41, 5.74) is 1.20. The van der Waals surface area contributed by atoms with Crippen molar-refractivity contribution in [2.45, 2.75) is 6.61 Å². The molecule has 0 saturated carbocycles. The maximum atomic E-state index is 12.5. The summed E-state index contributed by atoms with van der Waals surface area (Å²) in [6.45, 7) is 0.208. The van der Waals surface area contributed by atoms with Gasteiger partial charge in [-0.3, -0.25) is 4.79 Å². The van der Waals surface area contributed by atoms with Crippen LogP contribution >= 0.6 is 11.5 Å². The van der Waals surface area contributed by atoms with E-state index in [-0.39, 0.29) is 12.5 Å². The van der Waals surface area contributed by atoms with Crippen LogP contribution < -0.4 is 15.0 Å². The molecule has 0 aliphatic heterocycles. The van der Waals surface area contributed by atoms with Gasteiger partial charge in [-0.2, -0.15) is 9.36 Å². The van der Waals surface area contributed by atoms with E-state index in [1.807, 2.05) is 55.4 Å². The summed E-state index contributed by atoms with van der Waals surface area (Å²) < 4.78 is 10.0. The summed E-state index contributed by atoms with van der Waals surface area (Å²) in [5.74, 6) is 0.867. The van der Waals surface area contributed by atoms with Crippen LogP contribution in [0.4, 0.5) is 10.8 Å². The molecular formula is C18H18N4O2S. The number of carbonyl (C=O) groups is 1. The molecule has 0 bridgehead atoms. The van der Waals surface area contributed by atoms with E-state index in [1.54, 1.807) is 18.2 Å². The van der Waals surface area contributed by atoms with Gasteiger partial charge in [0.25, 0.3) is 5.91 Å². The molecule has 0 aliphatic carbocycles. The molecule has 0 fully saturated rings. The van der Waals surface area contributed by atoms with Crippen molar-refractivity contribution in [2.24, 2.45) is 0 Å². The SMILES string of the molecule is CN(C)c1nc(COc2ccccc2C(=O)Nc2ccccc2)ns1. The molecule has 1 N–H and O–H groups in total. The number of nitrogens with zero attached hydrogens (tertiary/aromatic N) is 3. The number of hydrogen-bond donors (Lipinski definition) is 1. The van der Waals surface area contributed by atoms with Crippen molar-refractivity contribution in [3.63, 3.8) is 0 Å². The fourth-order valence-corrected chi connectivity index (χ4v) is 2.72. The van der Waals surface area contributed by atoms with Crippen LogP contribution in [0.15, 0.2) is 54.6 Å². The first-order chi connectivity index (χ1) is 12.1. The summed E-state index contributed by atoms with van der Waals surface area (Å²) >= 11 is 1.31. The molecule has 0 saturated heterocycles. The molecule has 0 spiro atoms. The molecule has 3 aromatic rings. The zero-order chi connectivity index (χ0) is 17.6. The highest BCUT2D eigenvalue weighted by atomic mass is 32.1. The average molecular weight is 354 g/mol. The Morgan fingerprint density at radius 2 is 1.84 bits per heavy atom. The van der Waals surface area contributed by atoms with Gasteiger partial charge in [-0.25, -0.2) is 0 Å². The van der Waals surface area contributed by atoms with Crippen LogP contribution in [0, 0.1) is 0 Å². The average Bonchev–Trinajstić information content (AvgIpc) is 3.10. The van der Waals surface area contributed by atoms with Crippen LogP contribution in [-0.2, 0) is 6.61 Å². The van der Waals surface area contributed by atoms with E-state index >= 15 is 0 Å². The Hall–Kier alpha value is -2.93. The highest BCUT2D eigenvalue weighted by molar-refractivity contribution is 7.09. The molecule has 7 heteroatoms. The highest BCUT2D eigenvalue weighted by Gasteiger charge is 2.13. The van der Waals surface area contributed by atoms with Crippen LogP contribution in [0.5, 0.6) is 5.75 Å². The van der Waals surface area contributed by atoms with E-state index < -0.39 is 0 Å². The van der Waals surface area contributed by atoms with Gasteiger partial charge in [0.2, 0.25) is 5.13 Å². The van der Waals surface area contributed by atoms with E-state index in [0.29, 0.717) is 17.1 Å². The third kappa shape index (κ3) is 4.33. The Morgan fingerprint density at radius 1 is 1.12 bits per heavy atom. The molecule has 0 unspecified atom stereocenters. The van der Waals surface area contributed by atoms with E-state index in [1.165, 1.54) is 11.5 Å². The molecule has 0 radical (unpaired) electrons. The fourth-order valence-electron chi connectivity index (χ4n) is 2.13. The maximum Gasteiger partial charge on any atom is 0.259 e. The largest absolute Gasteiger partial charge is 0.485 e. The molecule has 2 aromatic carbocycles. The lowest BCUT2D eigenvalue weighted by atomic mass is 10.2. The van der Waals surface area contributed by atoms with Gasteiger partial charge in [0.05, 0.1) is 5.56 Å². The molecular weight excluding hydrogens is 336 g/mol. The van der Waals surface area contributed by atoms with Crippen molar-refractivity contribution in [2.75, 3.05) is 24.3 Å². The normalized spacial score (nSPS) is 10.3. The van der Waals surface area contributed by atoms with E-state index in [0.717, 1.165) is 10.8 Å². The standard InChI is InChI=1S/C18H18N4O2S/c1-22(2)18-20-16(21-25-18)12-24-15-11-7-6-10-14(15)17(23)19-13-8-4-3-5-9-13/h3-11H,12H2,1-2H3,(H,19,23). The Bertz CT molecular complexity index is 849. The second kappa shape index (κ2) is 7.76. The molecule has 1 amide bonds. The zero-order valence-corrected chi connectivity index (χ0v) is 14.8. The molecule has 1 heterocycles. The molecule has 0 atom stereocenters. The van der Waals surface area contributed by atoms with Crippen LogP contribution in [0.25, 0.3) is 0 Å². The zero-order valence-electron chi connectivity index (χ0n) is 14.0. The van der Waals surface area contributed by atoms with Crippen LogP contribution in [0.1, 0.15) is 16.2 Å². The number of hydrogen-bond acceptors (Lipinski definition) is 6. The minimum Gasteiger partial charge on any atom is -0.485 e. The van der Waals surface area contributed by atoms with Gasteiger partial charge in [-0.15, -0.1) is 0 Å². The van der Waals surface area contributed by atoms with Crippen molar-refractivity contribution < 1.29 is 9.53 Å². The Balaban J connectivity index is 1.70. The van der Waals surface area contributed by atoms with Crippen molar-refractivity contribution in [1.82, 2.24) is 9.36 Å². The van der Waals surface area contributed by atoms with Crippen LogP contribution in [-0.4, -0.2) is 29.4 Å². The summed E-state index contributed by atoms with van der Waals surface area (Å²) in [7, 11) is 3.82. The van der Waals surface area contributed by atoms with Crippen molar-refractivity contribution in [3.8, 4) is 5.75 Å². The number of anilines is 2. The number of benzene rings is 2. The summed E-state index contributed by atoms with van der Waals surface area (Å²) in [4.78, 5) is 18.8. The first kappa shape index (κ1) is 16.9. The van der Waals surface area contributed by atoms with Gasteiger partial charge >= 0.3 is 0 Å². The fraction of sp³-hybridized carbons (Fsp3) is 0.167. The number of ether oxygens (including phenoxy) is 1. The quantitative estimate of drug-likeness (QED) is 0.734. The van der Waals surface area contributed by atoms with Crippen LogP contribution in [0.3, 0.4) is 0 Å². The monoisotopic (exact) mass is 354 g/mol. The van der Waals surface area contributed by atoms with E-state index in [9.17, 15) is 4.79 Å². The summed E-state index contributed by atoms with van der Waals surface area (Å²) in [5, 5.41) is 3.67. The molecule has 6 nitrogen and oxygen atoms in total. The minimum absolute atomic E-state index is 0.208. The predicted molar refractivity (Wildman–Crippen MR) is 99.4 cm³/mol. The number of rotatable bonds is 6. The Morgan fingerprint density at radius 3 is 2.56 bits per heavy atom. The summed E-state index contributed by atoms with van der Waals surface area (Å²) in [6, 6.07) is 16.4. The lowest BCUT2D eigenvalue weighted by Gasteiger charge is -2.11. The summed E-state index contributed by atoms with van der Waals surface area (Å²) in [6.07, 6.45) is 0. The Labute approximate surface area is 150 Å². The number of nitrogens with one attached hydrogen (secondary N) is 1. The number of para-hydroxylation sites is 2. The van der Waals surface area contributed by atoms with Crippen molar-refractivity contribution in [1.29, 1.82) is 0 Å². The highest BCUT2D eigenvalue weighted by Crippen LogP contribution is 2.21. The van der Waals surface area contributed by atoms with E-state index in [4.69, 9.17) is 4.74 Å². The number of carbonyl (C=O) groups excluding carboxylic acids is 1. The number of aromatic nitrogens is 2. The van der Waals surface area contributed by atoms with Gasteiger partial charge in [-0.05, 0) is 24.3 Å².